The van der Waals surface area contributed by atoms with Gasteiger partial charge in [0, 0.05) is 25.9 Å². The molecule has 0 aromatic heterocycles. The van der Waals surface area contributed by atoms with E-state index in [0.29, 0.717) is 65.6 Å². The van der Waals surface area contributed by atoms with Crippen molar-refractivity contribution in [3.05, 3.63) is 0 Å². The van der Waals surface area contributed by atoms with E-state index in [9.17, 15) is 9.59 Å². The van der Waals surface area contributed by atoms with Crippen molar-refractivity contribution >= 4 is 11.8 Å². The first kappa shape index (κ1) is 49.8. The van der Waals surface area contributed by atoms with Crippen LogP contribution < -0.4 is 10.6 Å². The van der Waals surface area contributed by atoms with Gasteiger partial charge in [-0.05, 0) is 12.8 Å². The number of ether oxygens (including phenoxy) is 3. The molecule has 0 radical (unpaired) electrons. The fraction of sp³-hybridized carbons (Fsp3) is 0.955. The Morgan fingerprint density at radius 1 is 0.314 bits per heavy atom. The molecule has 0 aliphatic heterocycles. The van der Waals surface area contributed by atoms with E-state index in [1.807, 2.05) is 0 Å². The van der Waals surface area contributed by atoms with Crippen LogP contribution in [0.25, 0.3) is 0 Å². The van der Waals surface area contributed by atoms with Crippen LogP contribution in [0.1, 0.15) is 219 Å². The monoisotopic (exact) mass is 725 g/mol. The summed E-state index contributed by atoms with van der Waals surface area (Å²) in [6.07, 6.45) is 41.3. The van der Waals surface area contributed by atoms with Gasteiger partial charge in [0.2, 0.25) is 11.8 Å². The molecule has 0 aromatic rings. The Morgan fingerprint density at radius 3 is 0.784 bits per heavy atom. The molecule has 0 saturated carbocycles. The molecule has 0 fully saturated rings. The summed E-state index contributed by atoms with van der Waals surface area (Å²) in [5.41, 5.74) is 0. The molecule has 0 atom stereocenters. The lowest BCUT2D eigenvalue weighted by Crippen LogP contribution is -2.27. The molecule has 7 heteroatoms. The lowest BCUT2D eigenvalue weighted by Gasteiger charge is -2.08. The van der Waals surface area contributed by atoms with E-state index in [0.717, 1.165) is 25.7 Å². The van der Waals surface area contributed by atoms with Crippen LogP contribution >= 0.6 is 0 Å². The van der Waals surface area contributed by atoms with Gasteiger partial charge in [-0.3, -0.25) is 9.59 Å². The predicted octanol–water partition coefficient (Wildman–Crippen LogP) is 11.8. The van der Waals surface area contributed by atoms with Gasteiger partial charge in [0.25, 0.3) is 0 Å². The zero-order valence-corrected chi connectivity index (χ0v) is 34.3. The highest BCUT2D eigenvalue weighted by molar-refractivity contribution is 5.76. The molecule has 2 N–H and O–H groups in total. The number of hydrogen-bond donors (Lipinski definition) is 2. The molecule has 0 aliphatic rings. The molecule has 51 heavy (non-hydrogen) atoms. The average molecular weight is 725 g/mol. The SMILES string of the molecule is CCCCCCCCCCCCCCCCCC(=O)NCCOCCOCCOCCNC(=O)CCCCCCCCCCCCCCCCC. The van der Waals surface area contributed by atoms with E-state index in [1.54, 1.807) is 0 Å². The Balaban J connectivity index is 3.22. The van der Waals surface area contributed by atoms with Gasteiger partial charge in [0.15, 0.2) is 0 Å². The van der Waals surface area contributed by atoms with Crippen molar-refractivity contribution in [3.8, 4) is 0 Å². The number of nitrogens with one attached hydrogen (secondary N) is 2. The summed E-state index contributed by atoms with van der Waals surface area (Å²) in [5.74, 6) is 0.255. The number of rotatable bonds is 44. The Labute approximate surface area is 317 Å². The smallest absolute Gasteiger partial charge is 0.220 e. The van der Waals surface area contributed by atoms with E-state index in [-0.39, 0.29) is 11.8 Å². The van der Waals surface area contributed by atoms with Gasteiger partial charge in [-0.2, -0.15) is 0 Å². The summed E-state index contributed by atoms with van der Waals surface area (Å²) in [7, 11) is 0. The zero-order valence-electron chi connectivity index (χ0n) is 34.3. The van der Waals surface area contributed by atoms with E-state index in [2.05, 4.69) is 24.5 Å². The van der Waals surface area contributed by atoms with Crippen LogP contribution in [0.2, 0.25) is 0 Å². The van der Waals surface area contributed by atoms with Crippen LogP contribution in [-0.4, -0.2) is 64.5 Å². The second kappa shape index (κ2) is 45.0. The van der Waals surface area contributed by atoms with Crippen molar-refractivity contribution in [1.29, 1.82) is 0 Å². The second-order valence-electron chi connectivity index (χ2n) is 14.9. The summed E-state index contributed by atoms with van der Waals surface area (Å²) in [4.78, 5) is 24.0. The molecule has 0 aliphatic carbocycles. The minimum absolute atomic E-state index is 0.128. The standard InChI is InChI=1S/C44H88N2O5/c1-3-5-7-9-11-13-15-17-19-21-23-25-27-29-31-33-43(47)45-35-37-49-39-41-51-42-40-50-38-36-46-44(48)34-32-30-28-26-24-22-20-18-16-14-12-10-8-6-4-2/h3-42H2,1-2H3,(H,45,47)(H,46,48). The summed E-state index contributed by atoms with van der Waals surface area (Å²) in [5, 5.41) is 5.90. The molecule has 2 amide bonds. The molecule has 7 nitrogen and oxygen atoms in total. The summed E-state index contributed by atoms with van der Waals surface area (Å²) >= 11 is 0. The van der Waals surface area contributed by atoms with Crippen LogP contribution in [0.15, 0.2) is 0 Å². The number of carbonyl (C=O) groups is 2. The fourth-order valence-electron chi connectivity index (χ4n) is 6.56. The molecule has 0 rings (SSSR count). The maximum atomic E-state index is 12.0. The van der Waals surface area contributed by atoms with Gasteiger partial charge in [0.05, 0.1) is 39.6 Å². The van der Waals surface area contributed by atoms with Gasteiger partial charge in [0.1, 0.15) is 0 Å². The highest BCUT2D eigenvalue weighted by atomic mass is 16.5. The van der Waals surface area contributed by atoms with Crippen molar-refractivity contribution in [2.75, 3.05) is 52.7 Å². The lowest BCUT2D eigenvalue weighted by molar-refractivity contribution is -0.122. The van der Waals surface area contributed by atoms with E-state index in [4.69, 9.17) is 14.2 Å². The lowest BCUT2D eigenvalue weighted by atomic mass is 10.0. The van der Waals surface area contributed by atoms with Crippen LogP contribution in [0.5, 0.6) is 0 Å². The van der Waals surface area contributed by atoms with E-state index >= 15 is 0 Å². The third-order valence-corrected chi connectivity index (χ3v) is 9.90. The van der Waals surface area contributed by atoms with Gasteiger partial charge in [-0.15, -0.1) is 0 Å². The highest BCUT2D eigenvalue weighted by Crippen LogP contribution is 2.15. The molecular formula is C44H88N2O5. The summed E-state index contributed by atoms with van der Waals surface area (Å²) in [6.45, 7) is 8.68. The van der Waals surface area contributed by atoms with Crippen molar-refractivity contribution in [2.24, 2.45) is 0 Å². The molecular weight excluding hydrogens is 636 g/mol. The van der Waals surface area contributed by atoms with Crippen molar-refractivity contribution in [3.63, 3.8) is 0 Å². The molecule has 0 heterocycles. The second-order valence-corrected chi connectivity index (χ2v) is 14.9. The molecule has 0 bridgehead atoms. The minimum atomic E-state index is 0.128. The Kier molecular flexibility index (Phi) is 43.9. The van der Waals surface area contributed by atoms with Crippen LogP contribution in [-0.2, 0) is 23.8 Å². The molecule has 0 spiro atoms. The first-order chi connectivity index (χ1) is 25.2. The number of hydrogen-bond acceptors (Lipinski definition) is 5. The number of amides is 2. The maximum absolute atomic E-state index is 12.0. The molecule has 0 saturated heterocycles. The number of carbonyl (C=O) groups excluding carboxylic acids is 2. The van der Waals surface area contributed by atoms with Gasteiger partial charge in [-0.1, -0.05) is 194 Å². The normalized spacial score (nSPS) is 11.3. The molecule has 0 unspecified atom stereocenters. The van der Waals surface area contributed by atoms with Crippen molar-refractivity contribution < 1.29 is 23.8 Å². The topological polar surface area (TPSA) is 85.9 Å². The zero-order chi connectivity index (χ0) is 37.0. The molecule has 0 aromatic carbocycles. The third-order valence-electron chi connectivity index (χ3n) is 9.90. The summed E-state index contributed by atoms with van der Waals surface area (Å²) < 4.78 is 16.6. The minimum Gasteiger partial charge on any atom is -0.377 e. The highest BCUT2D eigenvalue weighted by Gasteiger charge is 2.03. The molecule has 304 valence electrons. The number of unbranched alkanes of at least 4 members (excludes halogenated alkanes) is 28. The van der Waals surface area contributed by atoms with Crippen LogP contribution in [0.3, 0.4) is 0 Å². The Bertz CT molecular complexity index is 636. The largest absolute Gasteiger partial charge is 0.377 e. The quantitative estimate of drug-likeness (QED) is 0.0611. The first-order valence-electron chi connectivity index (χ1n) is 22.5. The van der Waals surface area contributed by atoms with Gasteiger partial charge < -0.3 is 24.8 Å². The maximum Gasteiger partial charge on any atom is 0.220 e. The van der Waals surface area contributed by atoms with Crippen LogP contribution in [0, 0.1) is 0 Å². The predicted molar refractivity (Wildman–Crippen MR) is 218 cm³/mol. The van der Waals surface area contributed by atoms with E-state index in [1.165, 1.54) is 167 Å². The first-order valence-corrected chi connectivity index (χ1v) is 22.5. The third kappa shape index (κ3) is 44.9. The fourth-order valence-corrected chi connectivity index (χ4v) is 6.56. The van der Waals surface area contributed by atoms with Gasteiger partial charge >= 0.3 is 0 Å². The van der Waals surface area contributed by atoms with Gasteiger partial charge in [-0.25, -0.2) is 0 Å². The van der Waals surface area contributed by atoms with E-state index < -0.39 is 0 Å². The van der Waals surface area contributed by atoms with Crippen molar-refractivity contribution in [2.45, 2.75) is 219 Å². The average Bonchev–Trinajstić information content (AvgIpc) is 3.13. The Morgan fingerprint density at radius 2 is 0.529 bits per heavy atom. The van der Waals surface area contributed by atoms with Crippen molar-refractivity contribution in [1.82, 2.24) is 10.6 Å². The Hall–Kier alpha value is -1.18. The summed E-state index contributed by atoms with van der Waals surface area (Å²) in [6, 6.07) is 0. The van der Waals surface area contributed by atoms with Crippen LogP contribution in [0.4, 0.5) is 0 Å².